The first kappa shape index (κ1) is 37.9. The normalized spacial score (nSPS) is 18.0. The average Bonchev–Trinajstić information content (AvgIpc) is 3.71. The second kappa shape index (κ2) is 15.7. The molecule has 0 amide bonds. The van der Waals surface area contributed by atoms with Crippen LogP contribution < -0.4 is 20.3 Å². The molecule has 3 heterocycles. The van der Waals surface area contributed by atoms with E-state index in [-0.39, 0.29) is 11.6 Å². The van der Waals surface area contributed by atoms with Crippen LogP contribution in [-0.2, 0) is 38.9 Å². The number of aromatic nitrogens is 4. The summed E-state index contributed by atoms with van der Waals surface area (Å²) in [5, 5.41) is 16.0. The number of H-pyrrole nitrogens is 1. The Hall–Kier alpha value is -6.82. The van der Waals surface area contributed by atoms with Crippen molar-refractivity contribution in [3.8, 4) is 11.5 Å². The molecule has 4 atom stereocenters. The molecule has 0 spiro atoms. The van der Waals surface area contributed by atoms with Gasteiger partial charge in [-0.3, -0.25) is 24.2 Å². The molecule has 0 bridgehead atoms. The Balaban J connectivity index is 1.59. The van der Waals surface area contributed by atoms with Crippen LogP contribution in [0.2, 0.25) is 0 Å². The van der Waals surface area contributed by atoms with Gasteiger partial charge >= 0.3 is 23.9 Å². The van der Waals surface area contributed by atoms with Crippen molar-refractivity contribution in [2.75, 3.05) is 26.1 Å². The Morgan fingerprint density at radius 1 is 0.836 bits per heavy atom. The zero-order chi connectivity index (χ0) is 39.4. The number of carbonyl (C=O) groups is 3. The standard InChI is InChI=1S/C37H36N6O12/c1-20(44)52-19-28-30(53-21(2)45)31(54-22(3)46)34(55-28)42-32-29(38-36(42)43(48)49)33(47)40-35(39-32)41-37(23-9-7-6-8-10-23,24-11-15-26(50-4)16-12-24)25-13-17-27(51-5)18-14-25/h6-18,28,30-31,34H,19H2,1-5H3,(H2,39,40,41,47). The number of imidazole rings is 1. The predicted molar refractivity (Wildman–Crippen MR) is 192 cm³/mol. The minimum Gasteiger partial charge on any atom is -0.497 e. The highest BCUT2D eigenvalue weighted by molar-refractivity contribution is 5.75. The fourth-order valence-electron chi connectivity index (χ4n) is 6.56. The molecule has 2 aromatic heterocycles. The number of rotatable bonds is 13. The molecule has 1 saturated heterocycles. The molecule has 3 aromatic carbocycles. The lowest BCUT2D eigenvalue weighted by Gasteiger charge is -2.37. The van der Waals surface area contributed by atoms with Gasteiger partial charge in [0.05, 0.1) is 14.2 Å². The second-order valence-corrected chi connectivity index (χ2v) is 12.3. The Labute approximate surface area is 312 Å². The van der Waals surface area contributed by atoms with E-state index in [0.717, 1.165) is 25.3 Å². The number of benzene rings is 3. The summed E-state index contributed by atoms with van der Waals surface area (Å²) in [7, 11) is 3.08. The van der Waals surface area contributed by atoms with Crippen molar-refractivity contribution < 1.29 is 47.7 Å². The van der Waals surface area contributed by atoms with Gasteiger partial charge in [0.15, 0.2) is 6.10 Å². The Kier molecular flexibility index (Phi) is 10.8. The van der Waals surface area contributed by atoms with Crippen LogP contribution in [0.15, 0.2) is 83.7 Å². The molecule has 2 N–H and O–H groups in total. The number of fused-ring (bicyclic) bond motifs is 1. The van der Waals surface area contributed by atoms with Gasteiger partial charge < -0.3 is 43.9 Å². The van der Waals surface area contributed by atoms with Crippen LogP contribution in [0, 0.1) is 10.1 Å². The molecule has 4 unspecified atom stereocenters. The largest absolute Gasteiger partial charge is 0.497 e. The number of nitrogens with one attached hydrogen (secondary N) is 2. The molecule has 0 saturated carbocycles. The van der Waals surface area contributed by atoms with E-state index < -0.39 is 76.5 Å². The summed E-state index contributed by atoms with van der Waals surface area (Å²) in [6.07, 6.45) is -5.87. The summed E-state index contributed by atoms with van der Waals surface area (Å²) < 4.78 is 33.9. The van der Waals surface area contributed by atoms with E-state index in [4.69, 9.17) is 28.4 Å². The van der Waals surface area contributed by atoms with Crippen LogP contribution in [0.25, 0.3) is 11.2 Å². The minimum absolute atomic E-state index is 0.154. The van der Waals surface area contributed by atoms with Crippen LogP contribution >= 0.6 is 0 Å². The summed E-state index contributed by atoms with van der Waals surface area (Å²) >= 11 is 0. The topological polar surface area (TPSA) is 225 Å². The highest BCUT2D eigenvalue weighted by Gasteiger charge is 2.54. The third-order valence-electron chi connectivity index (χ3n) is 8.85. The van der Waals surface area contributed by atoms with Gasteiger partial charge in [-0.15, -0.1) is 0 Å². The minimum atomic E-state index is -1.65. The van der Waals surface area contributed by atoms with Crippen LogP contribution in [0.1, 0.15) is 43.7 Å². The molecular weight excluding hydrogens is 720 g/mol. The highest BCUT2D eigenvalue weighted by Crippen LogP contribution is 2.42. The van der Waals surface area contributed by atoms with Crippen LogP contribution in [0.5, 0.6) is 11.5 Å². The smallest absolute Gasteiger partial charge is 0.439 e. The lowest BCUT2D eigenvalue weighted by atomic mass is 9.77. The monoisotopic (exact) mass is 756 g/mol. The first-order valence-electron chi connectivity index (χ1n) is 16.8. The van der Waals surface area contributed by atoms with E-state index >= 15 is 0 Å². The van der Waals surface area contributed by atoms with E-state index in [1.165, 1.54) is 0 Å². The number of esters is 3. The number of methoxy groups -OCH3 is 2. The molecule has 0 radical (unpaired) electrons. The van der Waals surface area contributed by atoms with Gasteiger partial charge in [0.2, 0.25) is 23.9 Å². The van der Waals surface area contributed by atoms with Crippen molar-refractivity contribution in [3.63, 3.8) is 0 Å². The van der Waals surface area contributed by atoms with Crippen molar-refractivity contribution in [1.29, 1.82) is 0 Å². The summed E-state index contributed by atoms with van der Waals surface area (Å²) in [5.74, 6) is -2.24. The summed E-state index contributed by atoms with van der Waals surface area (Å²) in [6.45, 7) is 2.84. The van der Waals surface area contributed by atoms with Crippen molar-refractivity contribution in [2.24, 2.45) is 0 Å². The Morgan fingerprint density at radius 3 is 1.89 bits per heavy atom. The van der Waals surface area contributed by atoms with E-state index in [0.29, 0.717) is 28.2 Å². The molecule has 18 heteroatoms. The third-order valence-corrected chi connectivity index (χ3v) is 8.85. The average molecular weight is 757 g/mol. The number of anilines is 1. The van der Waals surface area contributed by atoms with Crippen LogP contribution in [0.4, 0.5) is 11.9 Å². The van der Waals surface area contributed by atoms with E-state index in [9.17, 15) is 29.3 Å². The van der Waals surface area contributed by atoms with Gasteiger partial charge in [-0.05, 0) is 45.9 Å². The van der Waals surface area contributed by atoms with Crippen molar-refractivity contribution >= 4 is 41.0 Å². The number of ether oxygens (including phenoxy) is 6. The fraction of sp³-hybridized carbons (Fsp3) is 0.297. The molecule has 55 heavy (non-hydrogen) atoms. The third kappa shape index (κ3) is 7.52. The van der Waals surface area contributed by atoms with Crippen molar-refractivity contribution in [3.05, 3.63) is 116 Å². The lowest BCUT2D eigenvalue weighted by Crippen LogP contribution is -2.40. The summed E-state index contributed by atoms with van der Waals surface area (Å²) in [6, 6.07) is 23.7. The Bertz CT molecular complexity index is 2230. The van der Waals surface area contributed by atoms with Crippen molar-refractivity contribution in [1.82, 2.24) is 19.5 Å². The lowest BCUT2D eigenvalue weighted by molar-refractivity contribution is -0.398. The molecule has 1 aliphatic heterocycles. The zero-order valence-electron chi connectivity index (χ0n) is 30.2. The molecular formula is C37H36N6O12. The molecule has 0 aliphatic carbocycles. The van der Waals surface area contributed by atoms with Crippen LogP contribution in [-0.4, -0.2) is 81.5 Å². The first-order valence-corrected chi connectivity index (χ1v) is 16.8. The number of carbonyl (C=O) groups excluding carboxylic acids is 3. The van der Waals surface area contributed by atoms with Crippen LogP contribution in [0.3, 0.4) is 0 Å². The first-order chi connectivity index (χ1) is 26.4. The molecule has 6 rings (SSSR count). The summed E-state index contributed by atoms with van der Waals surface area (Å²) in [4.78, 5) is 73.2. The number of aromatic amines is 1. The van der Waals surface area contributed by atoms with Gasteiger partial charge in [0.1, 0.15) is 29.7 Å². The Morgan fingerprint density at radius 2 is 1.38 bits per heavy atom. The maximum Gasteiger partial charge on any atom is 0.439 e. The molecule has 286 valence electrons. The van der Waals surface area contributed by atoms with Gasteiger partial charge in [-0.1, -0.05) is 59.6 Å². The molecule has 1 aliphatic rings. The van der Waals surface area contributed by atoms with Gasteiger partial charge in [-0.2, -0.15) is 9.55 Å². The quantitative estimate of drug-likeness (QED) is 0.0573. The number of nitrogens with zero attached hydrogens (tertiary/aromatic N) is 4. The maximum absolute atomic E-state index is 13.9. The van der Waals surface area contributed by atoms with Gasteiger partial charge in [0, 0.05) is 20.8 Å². The maximum atomic E-state index is 13.9. The fourth-order valence-corrected chi connectivity index (χ4v) is 6.56. The second-order valence-electron chi connectivity index (χ2n) is 12.3. The predicted octanol–water partition coefficient (Wildman–Crippen LogP) is 3.77. The molecule has 18 nitrogen and oxygen atoms in total. The SMILES string of the molecule is COc1ccc(C(Nc2nc3c(nc([N+](=O)[O-])n3C3OC(COC(C)=O)C(OC(C)=O)C3OC(C)=O)c(=O)[nH]2)(c2ccccc2)c2ccc(OC)cc2)cc1. The van der Waals surface area contributed by atoms with E-state index in [1.54, 1.807) is 38.5 Å². The van der Waals surface area contributed by atoms with Gasteiger partial charge in [0.25, 0.3) is 11.1 Å². The number of nitro groups is 1. The number of hydrogen-bond acceptors (Lipinski definition) is 15. The summed E-state index contributed by atoms with van der Waals surface area (Å²) in [5.41, 5.74) is -0.887. The van der Waals surface area contributed by atoms with E-state index in [2.05, 4.69) is 20.3 Å². The molecule has 1 fully saturated rings. The zero-order valence-corrected chi connectivity index (χ0v) is 30.2. The number of hydrogen-bond donors (Lipinski definition) is 2. The highest BCUT2D eigenvalue weighted by atomic mass is 16.7. The van der Waals surface area contributed by atoms with Gasteiger partial charge in [-0.25, -0.2) is 0 Å². The van der Waals surface area contributed by atoms with E-state index in [1.807, 2.05) is 54.6 Å². The van der Waals surface area contributed by atoms with Crippen molar-refractivity contribution in [2.45, 2.75) is 50.8 Å². The molecule has 5 aromatic rings.